The summed E-state index contributed by atoms with van der Waals surface area (Å²) in [6, 6.07) is 19.4. The van der Waals surface area contributed by atoms with E-state index in [9.17, 15) is 4.79 Å². The molecule has 0 fully saturated rings. The number of carbonyl (C=O) groups excluding carboxylic acids is 1. The molecule has 2 rings (SSSR count). The molecule has 1 heteroatoms. The first-order valence-electron chi connectivity index (χ1n) is 5.78. The maximum Gasteiger partial charge on any atom is 0.172 e. The van der Waals surface area contributed by atoms with Crippen LogP contribution in [-0.4, -0.2) is 5.78 Å². The van der Waals surface area contributed by atoms with Gasteiger partial charge in [0.15, 0.2) is 5.78 Å². The van der Waals surface area contributed by atoms with E-state index in [2.05, 4.69) is 0 Å². The molecule has 0 aromatic heterocycles. The van der Waals surface area contributed by atoms with Crippen molar-refractivity contribution in [2.45, 2.75) is 19.3 Å². The number of hydrogen-bond donors (Lipinski definition) is 0. The summed E-state index contributed by atoms with van der Waals surface area (Å²) in [5.41, 5.74) is 1.33. The molecule has 0 atom stereocenters. The van der Waals surface area contributed by atoms with Crippen LogP contribution in [0.25, 0.3) is 0 Å². The van der Waals surface area contributed by atoms with Gasteiger partial charge in [0.25, 0.3) is 0 Å². The Hall–Kier alpha value is -1.89. The van der Waals surface area contributed by atoms with Gasteiger partial charge < -0.3 is 0 Å². The second-order valence-electron chi connectivity index (χ2n) is 4.69. The summed E-state index contributed by atoms with van der Waals surface area (Å²) in [6.07, 6.45) is 0. The SMILES string of the molecule is CC(C)(C(=O)c1ccccc1)c1ccccc1. The van der Waals surface area contributed by atoms with E-state index in [0.717, 1.165) is 11.1 Å². The third-order valence-corrected chi connectivity index (χ3v) is 3.10. The van der Waals surface area contributed by atoms with E-state index in [1.54, 1.807) is 0 Å². The van der Waals surface area contributed by atoms with Gasteiger partial charge in [-0.2, -0.15) is 0 Å². The van der Waals surface area contributed by atoms with Gasteiger partial charge in [0.05, 0.1) is 5.41 Å². The average molecular weight is 224 g/mol. The third-order valence-electron chi connectivity index (χ3n) is 3.10. The topological polar surface area (TPSA) is 17.1 Å². The fraction of sp³-hybridized carbons (Fsp3) is 0.188. The molecule has 0 aliphatic carbocycles. The van der Waals surface area contributed by atoms with Gasteiger partial charge in [0.2, 0.25) is 0 Å². The normalized spacial score (nSPS) is 11.2. The molecule has 0 heterocycles. The molecule has 0 N–H and O–H groups in total. The van der Waals surface area contributed by atoms with Gasteiger partial charge in [-0.3, -0.25) is 4.79 Å². The Morgan fingerprint density at radius 1 is 0.824 bits per heavy atom. The Kier molecular flexibility index (Phi) is 3.10. The second kappa shape index (κ2) is 4.54. The molecule has 0 amide bonds. The number of carbonyl (C=O) groups is 1. The molecule has 0 bridgehead atoms. The minimum atomic E-state index is -0.484. The highest BCUT2D eigenvalue weighted by atomic mass is 16.1. The molecule has 86 valence electrons. The van der Waals surface area contributed by atoms with E-state index in [1.165, 1.54) is 0 Å². The second-order valence-corrected chi connectivity index (χ2v) is 4.69. The van der Waals surface area contributed by atoms with E-state index in [-0.39, 0.29) is 5.78 Å². The highest BCUT2D eigenvalue weighted by molar-refractivity contribution is 6.03. The van der Waals surface area contributed by atoms with Gasteiger partial charge in [-0.05, 0) is 19.4 Å². The largest absolute Gasteiger partial charge is 0.293 e. The van der Waals surface area contributed by atoms with Crippen LogP contribution >= 0.6 is 0 Å². The number of Topliss-reactive ketones (excluding diaryl/α,β-unsaturated/α-hetero) is 1. The predicted molar refractivity (Wildman–Crippen MR) is 70.2 cm³/mol. The Bertz CT molecular complexity index is 498. The quantitative estimate of drug-likeness (QED) is 0.724. The van der Waals surface area contributed by atoms with E-state index in [0.29, 0.717) is 0 Å². The summed E-state index contributed by atoms with van der Waals surface area (Å²) in [6.45, 7) is 3.94. The average Bonchev–Trinajstić information content (AvgIpc) is 2.40. The lowest BCUT2D eigenvalue weighted by Crippen LogP contribution is -2.28. The third kappa shape index (κ3) is 2.28. The van der Waals surface area contributed by atoms with Crippen LogP contribution in [0.2, 0.25) is 0 Å². The smallest absolute Gasteiger partial charge is 0.172 e. The predicted octanol–water partition coefficient (Wildman–Crippen LogP) is 3.85. The van der Waals surface area contributed by atoms with Crippen molar-refractivity contribution in [3.05, 3.63) is 71.8 Å². The standard InChI is InChI=1S/C16H16O/c1-16(2,14-11-7-4-8-12-14)15(17)13-9-5-3-6-10-13/h3-12H,1-2H3. The van der Waals surface area contributed by atoms with Gasteiger partial charge in [0, 0.05) is 5.56 Å². The van der Waals surface area contributed by atoms with Crippen molar-refractivity contribution in [2.24, 2.45) is 0 Å². The Morgan fingerprint density at radius 2 is 1.29 bits per heavy atom. The molecule has 2 aromatic carbocycles. The zero-order valence-electron chi connectivity index (χ0n) is 10.2. The molecule has 2 aromatic rings. The highest BCUT2D eigenvalue weighted by Gasteiger charge is 2.30. The van der Waals surface area contributed by atoms with Gasteiger partial charge in [0.1, 0.15) is 0 Å². The van der Waals surface area contributed by atoms with Crippen LogP contribution in [0.5, 0.6) is 0 Å². The summed E-state index contributed by atoms with van der Waals surface area (Å²) in [5, 5.41) is 0. The Labute approximate surface area is 102 Å². The van der Waals surface area contributed by atoms with Crippen molar-refractivity contribution in [1.82, 2.24) is 0 Å². The lowest BCUT2D eigenvalue weighted by Gasteiger charge is -2.23. The molecule has 0 aliphatic rings. The van der Waals surface area contributed by atoms with Crippen LogP contribution in [0, 0.1) is 0 Å². The van der Waals surface area contributed by atoms with E-state index in [1.807, 2.05) is 74.5 Å². The van der Waals surface area contributed by atoms with E-state index >= 15 is 0 Å². The van der Waals surface area contributed by atoms with Crippen LogP contribution in [0.1, 0.15) is 29.8 Å². The van der Waals surface area contributed by atoms with Gasteiger partial charge in [-0.15, -0.1) is 0 Å². The zero-order chi connectivity index (χ0) is 12.3. The van der Waals surface area contributed by atoms with Crippen molar-refractivity contribution < 1.29 is 4.79 Å². The summed E-state index contributed by atoms with van der Waals surface area (Å²) in [4.78, 5) is 12.5. The van der Waals surface area contributed by atoms with Crippen LogP contribution in [-0.2, 0) is 5.41 Å². The molecule has 17 heavy (non-hydrogen) atoms. The number of rotatable bonds is 3. The molecule has 0 saturated heterocycles. The molecule has 0 saturated carbocycles. The van der Waals surface area contributed by atoms with Crippen molar-refractivity contribution >= 4 is 5.78 Å². The maximum atomic E-state index is 12.5. The molecule has 0 aliphatic heterocycles. The van der Waals surface area contributed by atoms with Crippen molar-refractivity contribution in [3.8, 4) is 0 Å². The monoisotopic (exact) mass is 224 g/mol. The van der Waals surface area contributed by atoms with Crippen molar-refractivity contribution in [3.63, 3.8) is 0 Å². The first-order chi connectivity index (χ1) is 8.12. The van der Waals surface area contributed by atoms with Crippen molar-refractivity contribution in [2.75, 3.05) is 0 Å². The van der Waals surface area contributed by atoms with Gasteiger partial charge >= 0.3 is 0 Å². The molecular weight excluding hydrogens is 208 g/mol. The fourth-order valence-electron chi connectivity index (χ4n) is 1.94. The highest BCUT2D eigenvalue weighted by Crippen LogP contribution is 2.27. The van der Waals surface area contributed by atoms with E-state index < -0.39 is 5.41 Å². The molecule has 0 radical (unpaired) electrons. The summed E-state index contributed by atoms with van der Waals surface area (Å²) in [5.74, 6) is 0.157. The van der Waals surface area contributed by atoms with Crippen LogP contribution in [0.4, 0.5) is 0 Å². The Balaban J connectivity index is 2.37. The summed E-state index contributed by atoms with van der Waals surface area (Å²) >= 11 is 0. The van der Waals surface area contributed by atoms with E-state index in [4.69, 9.17) is 0 Å². The molecular formula is C16H16O. The first kappa shape index (κ1) is 11.6. The zero-order valence-corrected chi connectivity index (χ0v) is 10.2. The fourth-order valence-corrected chi connectivity index (χ4v) is 1.94. The minimum Gasteiger partial charge on any atom is -0.293 e. The number of ketones is 1. The lowest BCUT2D eigenvalue weighted by molar-refractivity contribution is 0.0909. The number of benzene rings is 2. The van der Waals surface area contributed by atoms with Crippen LogP contribution < -0.4 is 0 Å². The molecule has 1 nitrogen and oxygen atoms in total. The lowest BCUT2D eigenvalue weighted by atomic mass is 9.78. The minimum absolute atomic E-state index is 0.157. The van der Waals surface area contributed by atoms with Crippen LogP contribution in [0.3, 0.4) is 0 Å². The maximum absolute atomic E-state index is 12.5. The first-order valence-corrected chi connectivity index (χ1v) is 5.78. The molecule has 0 spiro atoms. The van der Waals surface area contributed by atoms with Crippen molar-refractivity contribution in [1.29, 1.82) is 0 Å². The summed E-state index contributed by atoms with van der Waals surface area (Å²) < 4.78 is 0. The summed E-state index contributed by atoms with van der Waals surface area (Å²) in [7, 11) is 0. The van der Waals surface area contributed by atoms with Gasteiger partial charge in [-0.1, -0.05) is 60.7 Å². The molecule has 0 unspecified atom stereocenters. The van der Waals surface area contributed by atoms with Crippen LogP contribution in [0.15, 0.2) is 60.7 Å². The van der Waals surface area contributed by atoms with Gasteiger partial charge in [-0.25, -0.2) is 0 Å². The Morgan fingerprint density at radius 3 is 1.82 bits per heavy atom. The number of hydrogen-bond acceptors (Lipinski definition) is 1.